The SMILES string of the molecule is COc1cc2c(cc1OC)[C@@H](c1ccccc1OCc1ccccc1)CC(=O)N2. The van der Waals surface area contributed by atoms with Crippen LogP contribution in [0.3, 0.4) is 0 Å². The van der Waals surface area contributed by atoms with Crippen molar-refractivity contribution in [3.8, 4) is 17.2 Å². The zero-order valence-corrected chi connectivity index (χ0v) is 16.5. The summed E-state index contributed by atoms with van der Waals surface area (Å²) >= 11 is 0. The highest BCUT2D eigenvalue weighted by Gasteiger charge is 2.30. The minimum atomic E-state index is -0.134. The number of rotatable bonds is 6. The number of methoxy groups -OCH3 is 2. The Morgan fingerprint density at radius 1 is 0.862 bits per heavy atom. The average molecular weight is 389 g/mol. The molecule has 0 saturated heterocycles. The van der Waals surface area contributed by atoms with Crippen molar-refractivity contribution in [3.63, 3.8) is 0 Å². The Balaban J connectivity index is 1.71. The second kappa shape index (κ2) is 8.27. The first-order valence-corrected chi connectivity index (χ1v) is 9.51. The summed E-state index contributed by atoms with van der Waals surface area (Å²) in [6.45, 7) is 0.468. The Bertz CT molecular complexity index is 1020. The Hall–Kier alpha value is -3.47. The summed E-state index contributed by atoms with van der Waals surface area (Å²) < 4.78 is 17.0. The summed E-state index contributed by atoms with van der Waals surface area (Å²) in [5.41, 5.74) is 3.79. The zero-order valence-electron chi connectivity index (χ0n) is 16.5. The molecule has 0 aliphatic carbocycles. The fraction of sp³-hybridized carbons (Fsp3) is 0.208. The van der Waals surface area contributed by atoms with E-state index in [1.54, 1.807) is 14.2 Å². The van der Waals surface area contributed by atoms with Crippen molar-refractivity contribution in [3.05, 3.63) is 83.4 Å². The molecule has 3 aromatic rings. The number of nitrogens with one attached hydrogen (secondary N) is 1. The number of amides is 1. The van der Waals surface area contributed by atoms with Gasteiger partial charge in [-0.3, -0.25) is 4.79 Å². The molecule has 1 aliphatic rings. The van der Waals surface area contributed by atoms with Gasteiger partial charge in [0, 0.05) is 29.7 Å². The maximum absolute atomic E-state index is 12.4. The Morgan fingerprint density at radius 3 is 2.31 bits per heavy atom. The van der Waals surface area contributed by atoms with Gasteiger partial charge < -0.3 is 19.5 Å². The van der Waals surface area contributed by atoms with Crippen molar-refractivity contribution in [2.45, 2.75) is 18.9 Å². The molecule has 0 saturated carbocycles. The summed E-state index contributed by atoms with van der Waals surface area (Å²) in [4.78, 5) is 12.4. The third kappa shape index (κ3) is 3.90. The molecule has 1 N–H and O–H groups in total. The summed E-state index contributed by atoms with van der Waals surface area (Å²) in [5, 5.41) is 2.95. The molecular formula is C24H23NO4. The van der Waals surface area contributed by atoms with E-state index in [0.29, 0.717) is 24.5 Å². The van der Waals surface area contributed by atoms with E-state index in [-0.39, 0.29) is 11.8 Å². The van der Waals surface area contributed by atoms with Crippen molar-refractivity contribution in [1.82, 2.24) is 0 Å². The van der Waals surface area contributed by atoms with Crippen LogP contribution in [0.1, 0.15) is 29.0 Å². The molecule has 4 rings (SSSR count). The monoisotopic (exact) mass is 389 g/mol. The van der Waals surface area contributed by atoms with Crippen LogP contribution >= 0.6 is 0 Å². The van der Waals surface area contributed by atoms with E-state index in [2.05, 4.69) is 5.32 Å². The Labute approximate surface area is 170 Å². The predicted octanol–water partition coefficient (Wildman–Crippen LogP) is 4.76. The number of hydrogen-bond acceptors (Lipinski definition) is 4. The van der Waals surface area contributed by atoms with E-state index >= 15 is 0 Å². The lowest BCUT2D eigenvalue weighted by molar-refractivity contribution is -0.116. The van der Waals surface area contributed by atoms with Gasteiger partial charge in [-0.15, -0.1) is 0 Å². The van der Waals surface area contributed by atoms with Gasteiger partial charge in [0.25, 0.3) is 0 Å². The predicted molar refractivity (Wildman–Crippen MR) is 112 cm³/mol. The smallest absolute Gasteiger partial charge is 0.225 e. The minimum Gasteiger partial charge on any atom is -0.493 e. The standard InChI is InChI=1S/C24H23NO4/c1-27-22-12-19-18(13-24(26)25-20(19)14-23(22)28-2)17-10-6-7-11-21(17)29-15-16-8-4-3-5-9-16/h3-12,14,18H,13,15H2,1-2H3,(H,25,26)/t18-/m1/s1. The maximum atomic E-state index is 12.4. The van der Waals surface area contributed by atoms with Gasteiger partial charge in [0.2, 0.25) is 5.91 Å². The number of para-hydroxylation sites is 1. The normalized spacial score (nSPS) is 15.2. The van der Waals surface area contributed by atoms with E-state index in [9.17, 15) is 4.79 Å². The number of anilines is 1. The molecule has 1 heterocycles. The molecule has 1 aliphatic heterocycles. The third-order valence-corrected chi connectivity index (χ3v) is 5.13. The molecule has 0 fully saturated rings. The summed E-state index contributed by atoms with van der Waals surface area (Å²) in [5.74, 6) is 1.82. The van der Waals surface area contributed by atoms with Crippen LogP contribution in [0.5, 0.6) is 17.2 Å². The number of ether oxygens (including phenoxy) is 3. The molecule has 0 aromatic heterocycles. The van der Waals surface area contributed by atoms with Crippen molar-refractivity contribution in [2.75, 3.05) is 19.5 Å². The van der Waals surface area contributed by atoms with Crippen LogP contribution in [0.2, 0.25) is 0 Å². The molecule has 0 spiro atoms. The van der Waals surface area contributed by atoms with Crippen LogP contribution < -0.4 is 19.5 Å². The lowest BCUT2D eigenvalue weighted by Crippen LogP contribution is -2.24. The van der Waals surface area contributed by atoms with Crippen LogP contribution in [0, 0.1) is 0 Å². The van der Waals surface area contributed by atoms with Gasteiger partial charge in [-0.2, -0.15) is 0 Å². The lowest BCUT2D eigenvalue weighted by atomic mass is 9.84. The summed E-state index contributed by atoms with van der Waals surface area (Å²) in [6, 6.07) is 21.7. The van der Waals surface area contributed by atoms with Crippen LogP contribution in [0.25, 0.3) is 0 Å². The molecule has 3 aromatic carbocycles. The number of carbonyl (C=O) groups is 1. The molecule has 29 heavy (non-hydrogen) atoms. The molecule has 5 heteroatoms. The minimum absolute atomic E-state index is 0.0346. The molecular weight excluding hydrogens is 366 g/mol. The van der Waals surface area contributed by atoms with E-state index in [0.717, 1.165) is 28.1 Å². The maximum Gasteiger partial charge on any atom is 0.225 e. The lowest BCUT2D eigenvalue weighted by Gasteiger charge is -2.28. The van der Waals surface area contributed by atoms with Crippen molar-refractivity contribution < 1.29 is 19.0 Å². The van der Waals surface area contributed by atoms with Crippen molar-refractivity contribution >= 4 is 11.6 Å². The number of hydrogen-bond donors (Lipinski definition) is 1. The van der Waals surface area contributed by atoms with Gasteiger partial charge >= 0.3 is 0 Å². The Morgan fingerprint density at radius 2 is 1.55 bits per heavy atom. The molecule has 1 atom stereocenters. The first kappa shape index (κ1) is 18.9. The van der Waals surface area contributed by atoms with E-state index in [4.69, 9.17) is 14.2 Å². The largest absolute Gasteiger partial charge is 0.493 e. The molecule has 0 bridgehead atoms. The van der Waals surface area contributed by atoms with Gasteiger partial charge in [-0.1, -0.05) is 48.5 Å². The first-order valence-electron chi connectivity index (χ1n) is 9.51. The van der Waals surface area contributed by atoms with E-state index < -0.39 is 0 Å². The van der Waals surface area contributed by atoms with Gasteiger partial charge in [0.05, 0.1) is 14.2 Å². The fourth-order valence-electron chi connectivity index (χ4n) is 3.70. The topological polar surface area (TPSA) is 56.8 Å². The number of benzene rings is 3. The fourth-order valence-corrected chi connectivity index (χ4v) is 3.70. The molecule has 1 amide bonds. The van der Waals surface area contributed by atoms with Gasteiger partial charge in [0.15, 0.2) is 11.5 Å². The molecule has 148 valence electrons. The average Bonchev–Trinajstić information content (AvgIpc) is 2.77. The van der Waals surface area contributed by atoms with Crippen molar-refractivity contribution in [1.29, 1.82) is 0 Å². The van der Waals surface area contributed by atoms with Gasteiger partial charge in [-0.05, 0) is 23.3 Å². The third-order valence-electron chi connectivity index (χ3n) is 5.13. The number of fused-ring (bicyclic) bond motifs is 1. The second-order valence-corrected chi connectivity index (χ2v) is 6.91. The van der Waals surface area contributed by atoms with E-state index in [1.165, 1.54) is 0 Å². The molecule has 0 radical (unpaired) electrons. The highest BCUT2D eigenvalue weighted by Crippen LogP contribution is 2.45. The van der Waals surface area contributed by atoms with E-state index in [1.807, 2.05) is 66.7 Å². The van der Waals surface area contributed by atoms with Gasteiger partial charge in [0.1, 0.15) is 12.4 Å². The highest BCUT2D eigenvalue weighted by molar-refractivity contribution is 5.96. The zero-order chi connectivity index (χ0) is 20.2. The molecule has 0 unspecified atom stereocenters. The first-order chi connectivity index (χ1) is 14.2. The second-order valence-electron chi connectivity index (χ2n) is 6.91. The highest BCUT2D eigenvalue weighted by atomic mass is 16.5. The van der Waals surface area contributed by atoms with Crippen molar-refractivity contribution in [2.24, 2.45) is 0 Å². The number of carbonyl (C=O) groups excluding carboxylic acids is 1. The summed E-state index contributed by atoms with van der Waals surface area (Å²) in [6.07, 6.45) is 0.341. The van der Waals surface area contributed by atoms with Crippen LogP contribution in [-0.2, 0) is 11.4 Å². The molecule has 5 nitrogen and oxygen atoms in total. The Kier molecular flexibility index (Phi) is 5.38. The van der Waals surface area contributed by atoms with Crippen LogP contribution in [0.15, 0.2) is 66.7 Å². The van der Waals surface area contributed by atoms with Gasteiger partial charge in [-0.25, -0.2) is 0 Å². The quantitative estimate of drug-likeness (QED) is 0.661. The summed E-state index contributed by atoms with van der Waals surface area (Å²) in [7, 11) is 3.19. The van der Waals surface area contributed by atoms with Crippen LogP contribution in [0.4, 0.5) is 5.69 Å². The van der Waals surface area contributed by atoms with Crippen LogP contribution in [-0.4, -0.2) is 20.1 Å².